The SMILES string of the molecule is CC(=O)Oc1ccc(/C=C2\SC(=S)NC2=O)cc1. The second-order valence-corrected chi connectivity index (χ2v) is 5.23. The second-order valence-electron chi connectivity index (χ2n) is 3.51. The van der Waals surface area contributed by atoms with E-state index in [1.807, 2.05) is 0 Å². The number of benzene rings is 1. The molecule has 0 unspecified atom stereocenters. The third-order valence-corrected chi connectivity index (χ3v) is 3.24. The zero-order valence-corrected chi connectivity index (χ0v) is 11.1. The normalized spacial score (nSPS) is 16.8. The highest BCUT2D eigenvalue weighted by molar-refractivity contribution is 8.26. The monoisotopic (exact) mass is 279 g/mol. The average molecular weight is 279 g/mol. The van der Waals surface area contributed by atoms with Crippen molar-refractivity contribution in [1.29, 1.82) is 0 Å². The summed E-state index contributed by atoms with van der Waals surface area (Å²) in [5, 5.41) is 2.54. The van der Waals surface area contributed by atoms with Crippen molar-refractivity contribution in [2.45, 2.75) is 6.92 Å². The van der Waals surface area contributed by atoms with Crippen molar-refractivity contribution >= 4 is 46.3 Å². The Balaban J connectivity index is 2.15. The van der Waals surface area contributed by atoms with Crippen molar-refractivity contribution in [2.24, 2.45) is 0 Å². The predicted octanol–water partition coefficient (Wildman–Crippen LogP) is 2.10. The summed E-state index contributed by atoms with van der Waals surface area (Å²) in [5.41, 5.74) is 0.841. The van der Waals surface area contributed by atoms with Crippen LogP contribution in [0.5, 0.6) is 5.75 Å². The van der Waals surface area contributed by atoms with Gasteiger partial charge in [-0.15, -0.1) is 0 Å². The zero-order chi connectivity index (χ0) is 13.1. The minimum Gasteiger partial charge on any atom is -0.427 e. The minimum absolute atomic E-state index is 0.186. The molecule has 0 spiro atoms. The van der Waals surface area contributed by atoms with E-state index in [0.717, 1.165) is 5.56 Å². The van der Waals surface area contributed by atoms with Gasteiger partial charge < -0.3 is 10.1 Å². The lowest BCUT2D eigenvalue weighted by Gasteiger charge is -2.01. The van der Waals surface area contributed by atoms with Gasteiger partial charge in [-0.1, -0.05) is 36.1 Å². The van der Waals surface area contributed by atoms with E-state index in [2.05, 4.69) is 5.32 Å². The maximum Gasteiger partial charge on any atom is 0.308 e. The highest BCUT2D eigenvalue weighted by atomic mass is 32.2. The van der Waals surface area contributed by atoms with E-state index in [4.69, 9.17) is 17.0 Å². The largest absolute Gasteiger partial charge is 0.427 e. The minimum atomic E-state index is -0.364. The van der Waals surface area contributed by atoms with Crippen LogP contribution in [0.25, 0.3) is 6.08 Å². The molecular weight excluding hydrogens is 270 g/mol. The number of rotatable bonds is 2. The standard InChI is InChI=1S/C12H9NO3S2/c1-7(14)16-9-4-2-8(3-5-9)6-10-11(15)13-12(17)18-10/h2-6H,1H3,(H,13,15,17)/b10-6-. The van der Waals surface area contributed by atoms with E-state index in [0.29, 0.717) is 15.0 Å². The number of carbonyl (C=O) groups is 2. The molecule has 0 aromatic heterocycles. The number of carbonyl (C=O) groups excluding carboxylic acids is 2. The summed E-state index contributed by atoms with van der Waals surface area (Å²) in [6, 6.07) is 6.87. The van der Waals surface area contributed by atoms with Crippen LogP contribution in [-0.2, 0) is 9.59 Å². The maximum atomic E-state index is 11.4. The Kier molecular flexibility index (Phi) is 3.78. The Labute approximate surface area is 113 Å². The third kappa shape index (κ3) is 3.18. The Bertz CT molecular complexity index is 549. The molecular formula is C12H9NO3S2. The maximum absolute atomic E-state index is 11.4. The molecule has 0 bridgehead atoms. The first-order valence-corrected chi connectivity index (χ1v) is 6.30. The van der Waals surface area contributed by atoms with Crippen molar-refractivity contribution in [2.75, 3.05) is 0 Å². The Morgan fingerprint density at radius 2 is 2.06 bits per heavy atom. The van der Waals surface area contributed by atoms with Crippen LogP contribution in [0, 0.1) is 0 Å². The van der Waals surface area contributed by atoms with Gasteiger partial charge in [-0.25, -0.2) is 0 Å². The molecule has 1 aromatic rings. The van der Waals surface area contributed by atoms with Gasteiger partial charge in [0, 0.05) is 6.92 Å². The van der Waals surface area contributed by atoms with Crippen LogP contribution >= 0.6 is 24.0 Å². The first-order chi connectivity index (χ1) is 8.54. The van der Waals surface area contributed by atoms with Gasteiger partial charge in [0.1, 0.15) is 10.1 Å². The number of hydrogen-bond acceptors (Lipinski definition) is 5. The molecule has 1 aliphatic rings. The van der Waals surface area contributed by atoms with Crippen molar-refractivity contribution in [3.8, 4) is 5.75 Å². The summed E-state index contributed by atoms with van der Waals surface area (Å²) in [6.45, 7) is 1.34. The Morgan fingerprint density at radius 3 is 2.56 bits per heavy atom. The van der Waals surface area contributed by atoms with Crippen LogP contribution in [0.4, 0.5) is 0 Å². The molecule has 1 N–H and O–H groups in total. The smallest absolute Gasteiger partial charge is 0.308 e. The molecule has 0 saturated carbocycles. The molecule has 1 saturated heterocycles. The molecule has 92 valence electrons. The molecule has 18 heavy (non-hydrogen) atoms. The lowest BCUT2D eigenvalue weighted by atomic mass is 10.2. The van der Waals surface area contributed by atoms with Gasteiger partial charge in [0.15, 0.2) is 0 Å². The Morgan fingerprint density at radius 1 is 1.39 bits per heavy atom. The Hall–Kier alpha value is -1.66. The van der Waals surface area contributed by atoms with E-state index in [9.17, 15) is 9.59 Å². The molecule has 1 fully saturated rings. The van der Waals surface area contributed by atoms with Gasteiger partial charge >= 0.3 is 5.97 Å². The fourth-order valence-electron chi connectivity index (χ4n) is 1.37. The fourth-order valence-corrected chi connectivity index (χ4v) is 2.41. The highest BCUT2D eigenvalue weighted by Gasteiger charge is 2.21. The van der Waals surface area contributed by atoms with Gasteiger partial charge in [-0.2, -0.15) is 0 Å². The fraction of sp³-hybridized carbons (Fsp3) is 0.0833. The van der Waals surface area contributed by atoms with Crippen molar-refractivity contribution in [3.05, 3.63) is 34.7 Å². The molecule has 1 amide bonds. The van der Waals surface area contributed by atoms with Gasteiger partial charge in [0.25, 0.3) is 5.91 Å². The average Bonchev–Trinajstić information content (AvgIpc) is 2.59. The van der Waals surface area contributed by atoms with Crippen LogP contribution in [0.3, 0.4) is 0 Å². The third-order valence-electron chi connectivity index (χ3n) is 2.08. The molecule has 1 aliphatic heterocycles. The molecule has 0 radical (unpaired) electrons. The summed E-state index contributed by atoms with van der Waals surface area (Å²) in [6.07, 6.45) is 1.73. The summed E-state index contributed by atoms with van der Waals surface area (Å²) < 4.78 is 5.37. The van der Waals surface area contributed by atoms with E-state index in [1.54, 1.807) is 30.3 Å². The van der Waals surface area contributed by atoms with Crippen LogP contribution in [0.2, 0.25) is 0 Å². The van der Waals surface area contributed by atoms with E-state index >= 15 is 0 Å². The summed E-state index contributed by atoms with van der Waals surface area (Å²) >= 11 is 6.12. The molecule has 6 heteroatoms. The van der Waals surface area contributed by atoms with Crippen molar-refractivity contribution in [1.82, 2.24) is 5.32 Å². The van der Waals surface area contributed by atoms with Crippen LogP contribution in [0.1, 0.15) is 12.5 Å². The number of hydrogen-bond donors (Lipinski definition) is 1. The van der Waals surface area contributed by atoms with Gasteiger partial charge in [-0.3, -0.25) is 9.59 Å². The van der Waals surface area contributed by atoms with Gasteiger partial charge in [0.05, 0.1) is 4.91 Å². The van der Waals surface area contributed by atoms with Crippen molar-refractivity contribution < 1.29 is 14.3 Å². The van der Waals surface area contributed by atoms with E-state index in [1.165, 1.54) is 18.7 Å². The first-order valence-electron chi connectivity index (χ1n) is 5.08. The highest BCUT2D eigenvalue weighted by Crippen LogP contribution is 2.26. The quantitative estimate of drug-likeness (QED) is 0.389. The molecule has 2 rings (SSSR count). The summed E-state index contributed by atoms with van der Waals surface area (Å²) in [7, 11) is 0. The molecule has 1 aromatic carbocycles. The topological polar surface area (TPSA) is 55.4 Å². The van der Waals surface area contributed by atoms with Crippen LogP contribution in [0.15, 0.2) is 29.2 Å². The predicted molar refractivity (Wildman–Crippen MR) is 74.1 cm³/mol. The number of ether oxygens (including phenoxy) is 1. The number of amides is 1. The lowest BCUT2D eigenvalue weighted by Crippen LogP contribution is -2.17. The first kappa shape index (κ1) is 12.8. The molecule has 0 aliphatic carbocycles. The van der Waals surface area contributed by atoms with Crippen molar-refractivity contribution in [3.63, 3.8) is 0 Å². The number of esters is 1. The summed E-state index contributed by atoms with van der Waals surface area (Å²) in [4.78, 5) is 22.8. The van der Waals surface area contributed by atoms with Crippen LogP contribution < -0.4 is 10.1 Å². The van der Waals surface area contributed by atoms with Crippen LogP contribution in [-0.4, -0.2) is 16.2 Å². The lowest BCUT2D eigenvalue weighted by molar-refractivity contribution is -0.131. The molecule has 1 heterocycles. The summed E-state index contributed by atoms with van der Waals surface area (Å²) in [5.74, 6) is -0.0741. The van der Waals surface area contributed by atoms with E-state index < -0.39 is 0 Å². The van der Waals surface area contributed by atoms with Gasteiger partial charge in [0.2, 0.25) is 0 Å². The number of thioether (sulfide) groups is 1. The molecule has 4 nitrogen and oxygen atoms in total. The zero-order valence-electron chi connectivity index (χ0n) is 9.43. The van der Waals surface area contributed by atoms with Gasteiger partial charge in [-0.05, 0) is 23.8 Å². The number of thiocarbonyl (C=S) groups is 1. The number of nitrogens with one attached hydrogen (secondary N) is 1. The second kappa shape index (κ2) is 5.32. The molecule has 0 atom stereocenters. The van der Waals surface area contributed by atoms with E-state index in [-0.39, 0.29) is 11.9 Å².